The lowest BCUT2D eigenvalue weighted by Gasteiger charge is -2.05. The molecule has 0 amide bonds. The number of nitrogens with zero attached hydrogens (tertiary/aromatic N) is 2. The van der Waals surface area contributed by atoms with Gasteiger partial charge in [-0.3, -0.25) is 0 Å². The first kappa shape index (κ1) is 11.1. The Morgan fingerprint density at radius 2 is 2.19 bits per heavy atom. The predicted octanol–water partition coefficient (Wildman–Crippen LogP) is 2.59. The van der Waals surface area contributed by atoms with Crippen molar-refractivity contribution in [1.82, 2.24) is 9.97 Å². The molecule has 0 saturated heterocycles. The molecule has 0 saturated carbocycles. The maximum atomic E-state index is 13.2. The minimum Gasteiger partial charge on any atom is -0.436 e. The van der Waals surface area contributed by atoms with Crippen LogP contribution in [0, 0.1) is 9.39 Å². The molecule has 6 heteroatoms. The third-order valence-electron chi connectivity index (χ3n) is 1.74. The van der Waals surface area contributed by atoms with E-state index in [1.54, 1.807) is 18.2 Å². The third kappa shape index (κ3) is 2.57. The number of nitrogens with two attached hydrogens (primary N) is 1. The first-order valence-electron chi connectivity index (χ1n) is 4.36. The van der Waals surface area contributed by atoms with Crippen LogP contribution in [-0.4, -0.2) is 9.97 Å². The van der Waals surface area contributed by atoms with E-state index in [-0.39, 0.29) is 11.8 Å². The van der Waals surface area contributed by atoms with Crippen molar-refractivity contribution < 1.29 is 9.13 Å². The van der Waals surface area contributed by atoms with Crippen LogP contribution in [0.5, 0.6) is 11.6 Å². The molecule has 0 radical (unpaired) electrons. The Morgan fingerprint density at radius 3 is 2.94 bits per heavy atom. The highest BCUT2D eigenvalue weighted by Gasteiger charge is 2.08. The van der Waals surface area contributed by atoms with Gasteiger partial charge in [0.1, 0.15) is 5.75 Å². The molecule has 0 bridgehead atoms. The fourth-order valence-electron chi connectivity index (χ4n) is 1.08. The number of halogens is 2. The zero-order chi connectivity index (χ0) is 11.5. The summed E-state index contributed by atoms with van der Waals surface area (Å²) in [6.07, 6.45) is 0.978. The van der Waals surface area contributed by atoms with E-state index < -0.39 is 5.82 Å². The Bertz CT molecular complexity index is 521. The zero-order valence-corrected chi connectivity index (χ0v) is 10.2. The normalized spacial score (nSPS) is 10.1. The standard InChI is InChI=1S/C10H7FIN3O/c11-8-5-14-10(13)15-9(8)16-7-3-1-2-6(12)4-7/h1-5H,(H2,13,14,15). The first-order valence-corrected chi connectivity index (χ1v) is 5.44. The van der Waals surface area contributed by atoms with Crippen LogP contribution in [0.25, 0.3) is 0 Å². The van der Waals surface area contributed by atoms with Gasteiger partial charge in [-0.1, -0.05) is 6.07 Å². The SMILES string of the molecule is Nc1ncc(F)c(Oc2cccc(I)c2)n1. The molecule has 0 fully saturated rings. The molecule has 2 aromatic rings. The summed E-state index contributed by atoms with van der Waals surface area (Å²) < 4.78 is 19.5. The van der Waals surface area contributed by atoms with E-state index >= 15 is 0 Å². The van der Waals surface area contributed by atoms with Gasteiger partial charge in [-0.25, -0.2) is 4.98 Å². The van der Waals surface area contributed by atoms with Crippen molar-refractivity contribution in [2.45, 2.75) is 0 Å². The quantitative estimate of drug-likeness (QED) is 0.860. The average Bonchev–Trinajstić information content (AvgIpc) is 2.24. The molecular formula is C10H7FIN3O. The van der Waals surface area contributed by atoms with Gasteiger partial charge in [0.15, 0.2) is 0 Å². The van der Waals surface area contributed by atoms with Gasteiger partial charge >= 0.3 is 0 Å². The van der Waals surface area contributed by atoms with Crippen molar-refractivity contribution in [3.8, 4) is 11.6 Å². The van der Waals surface area contributed by atoms with Gasteiger partial charge in [-0.15, -0.1) is 0 Å². The molecule has 0 aliphatic carbocycles. The summed E-state index contributed by atoms with van der Waals surface area (Å²) in [6, 6.07) is 7.18. The van der Waals surface area contributed by atoms with E-state index in [1.165, 1.54) is 0 Å². The highest BCUT2D eigenvalue weighted by atomic mass is 127. The smallest absolute Gasteiger partial charge is 0.260 e. The van der Waals surface area contributed by atoms with Crippen LogP contribution >= 0.6 is 22.6 Å². The Hall–Kier alpha value is -1.44. The topological polar surface area (TPSA) is 61.0 Å². The Morgan fingerprint density at radius 1 is 1.38 bits per heavy atom. The molecule has 1 aromatic carbocycles. The Kier molecular flexibility index (Phi) is 3.18. The molecule has 2 rings (SSSR count). The van der Waals surface area contributed by atoms with Gasteiger partial charge in [0.05, 0.1) is 6.20 Å². The molecule has 0 unspecified atom stereocenters. The number of rotatable bonds is 2. The highest BCUT2D eigenvalue weighted by Crippen LogP contribution is 2.23. The van der Waals surface area contributed by atoms with Crippen molar-refractivity contribution in [1.29, 1.82) is 0 Å². The summed E-state index contributed by atoms with van der Waals surface area (Å²) >= 11 is 2.13. The molecule has 0 aliphatic rings. The number of benzene rings is 1. The summed E-state index contributed by atoms with van der Waals surface area (Å²) in [6.45, 7) is 0. The Balaban J connectivity index is 2.30. The van der Waals surface area contributed by atoms with Crippen LogP contribution in [0.3, 0.4) is 0 Å². The second-order valence-electron chi connectivity index (χ2n) is 2.94. The van der Waals surface area contributed by atoms with Crippen LogP contribution in [0.4, 0.5) is 10.3 Å². The van der Waals surface area contributed by atoms with Gasteiger partial charge in [-0.05, 0) is 40.8 Å². The molecule has 0 atom stereocenters. The van der Waals surface area contributed by atoms with Crippen LogP contribution in [0.2, 0.25) is 0 Å². The van der Waals surface area contributed by atoms with Gasteiger partial charge in [0.25, 0.3) is 5.88 Å². The van der Waals surface area contributed by atoms with E-state index in [0.717, 1.165) is 9.77 Å². The molecule has 4 nitrogen and oxygen atoms in total. The minimum absolute atomic E-state index is 0.0259. The molecule has 16 heavy (non-hydrogen) atoms. The average molecular weight is 331 g/mol. The second kappa shape index (κ2) is 4.60. The Labute approximate surface area is 105 Å². The maximum absolute atomic E-state index is 13.2. The highest BCUT2D eigenvalue weighted by molar-refractivity contribution is 14.1. The van der Waals surface area contributed by atoms with Crippen molar-refractivity contribution in [2.75, 3.05) is 5.73 Å². The summed E-state index contributed by atoms with van der Waals surface area (Å²) in [5.41, 5.74) is 5.34. The predicted molar refractivity (Wildman–Crippen MR) is 65.6 cm³/mol. The van der Waals surface area contributed by atoms with Crippen molar-refractivity contribution in [3.05, 3.63) is 39.8 Å². The lowest BCUT2D eigenvalue weighted by Crippen LogP contribution is -1.99. The summed E-state index contributed by atoms with van der Waals surface area (Å²) in [7, 11) is 0. The van der Waals surface area contributed by atoms with Crippen LogP contribution in [0.1, 0.15) is 0 Å². The largest absolute Gasteiger partial charge is 0.436 e. The fourth-order valence-corrected chi connectivity index (χ4v) is 1.59. The maximum Gasteiger partial charge on any atom is 0.260 e. The molecule has 0 spiro atoms. The minimum atomic E-state index is -0.645. The van der Waals surface area contributed by atoms with Gasteiger partial charge in [-0.2, -0.15) is 9.37 Å². The summed E-state index contributed by atoms with van der Waals surface area (Å²) in [4.78, 5) is 7.17. The molecule has 1 heterocycles. The van der Waals surface area contributed by atoms with Gasteiger partial charge < -0.3 is 10.5 Å². The van der Waals surface area contributed by atoms with Crippen molar-refractivity contribution in [3.63, 3.8) is 0 Å². The lowest BCUT2D eigenvalue weighted by molar-refractivity contribution is 0.420. The lowest BCUT2D eigenvalue weighted by atomic mass is 10.3. The fraction of sp³-hybridized carbons (Fsp3) is 0. The number of nitrogen functional groups attached to an aromatic ring is 1. The number of ether oxygens (including phenoxy) is 1. The molecule has 1 aromatic heterocycles. The number of hydrogen-bond acceptors (Lipinski definition) is 4. The van der Waals surface area contributed by atoms with E-state index in [9.17, 15) is 4.39 Å². The zero-order valence-electron chi connectivity index (χ0n) is 8.02. The van der Waals surface area contributed by atoms with Gasteiger partial charge in [0, 0.05) is 3.57 Å². The van der Waals surface area contributed by atoms with E-state index in [0.29, 0.717) is 5.75 Å². The van der Waals surface area contributed by atoms with E-state index in [1.807, 2.05) is 6.07 Å². The van der Waals surface area contributed by atoms with Crippen LogP contribution in [0.15, 0.2) is 30.5 Å². The van der Waals surface area contributed by atoms with E-state index in [2.05, 4.69) is 32.6 Å². The number of aromatic nitrogens is 2. The summed E-state index contributed by atoms with van der Waals surface area (Å²) in [5, 5.41) is 0. The monoisotopic (exact) mass is 331 g/mol. The van der Waals surface area contributed by atoms with Crippen molar-refractivity contribution >= 4 is 28.5 Å². The van der Waals surface area contributed by atoms with Crippen molar-refractivity contribution in [2.24, 2.45) is 0 Å². The van der Waals surface area contributed by atoms with E-state index in [4.69, 9.17) is 10.5 Å². The second-order valence-corrected chi connectivity index (χ2v) is 4.19. The molecule has 82 valence electrons. The van der Waals surface area contributed by atoms with Crippen LogP contribution in [-0.2, 0) is 0 Å². The van der Waals surface area contributed by atoms with Gasteiger partial charge in [0.2, 0.25) is 11.8 Å². The van der Waals surface area contributed by atoms with Crippen LogP contribution < -0.4 is 10.5 Å². The first-order chi connectivity index (χ1) is 7.65. The number of anilines is 1. The third-order valence-corrected chi connectivity index (χ3v) is 2.41. The molecule has 2 N–H and O–H groups in total. The number of hydrogen-bond donors (Lipinski definition) is 1. The molecule has 0 aliphatic heterocycles. The summed E-state index contributed by atoms with van der Waals surface area (Å²) in [5.74, 6) is -0.339. The molecular weight excluding hydrogens is 324 g/mol.